The Labute approximate surface area is 159 Å². The standard InChI is InChI=1S/C20H26N4O3/c1-26-15-8-9-18(27-2)16(14-15)17-6-4-13-24(17)19(25)7-3-10-21-20-22-11-5-12-23-20/h5,8-9,11-12,14,17H,3-4,6-7,10,13H2,1-2H3,(H,21,22,23). The van der Waals surface area contributed by atoms with E-state index < -0.39 is 0 Å². The zero-order valence-electron chi connectivity index (χ0n) is 15.9. The first-order chi connectivity index (χ1) is 13.2. The third kappa shape index (κ3) is 4.67. The number of nitrogens with zero attached hydrogens (tertiary/aromatic N) is 3. The monoisotopic (exact) mass is 370 g/mol. The lowest BCUT2D eigenvalue weighted by Gasteiger charge is -2.27. The van der Waals surface area contributed by atoms with Crippen LogP contribution in [0.5, 0.6) is 11.5 Å². The molecular weight excluding hydrogens is 344 g/mol. The minimum atomic E-state index is 0.0352. The van der Waals surface area contributed by atoms with Gasteiger partial charge < -0.3 is 19.7 Å². The molecule has 1 N–H and O–H groups in total. The van der Waals surface area contributed by atoms with Gasteiger partial charge in [0, 0.05) is 37.5 Å². The SMILES string of the molecule is COc1ccc(OC)c(C2CCCN2C(=O)CCCNc2ncccn2)c1. The Hall–Kier alpha value is -2.83. The number of hydrogen-bond donors (Lipinski definition) is 1. The lowest BCUT2D eigenvalue weighted by atomic mass is 10.0. The molecule has 1 atom stereocenters. The van der Waals surface area contributed by atoms with Crippen LogP contribution in [-0.2, 0) is 4.79 Å². The average molecular weight is 370 g/mol. The summed E-state index contributed by atoms with van der Waals surface area (Å²) in [5, 5.41) is 3.14. The Balaban J connectivity index is 1.59. The van der Waals surface area contributed by atoms with Crippen molar-refractivity contribution in [1.82, 2.24) is 14.9 Å². The molecule has 0 aliphatic carbocycles. The van der Waals surface area contributed by atoms with E-state index in [1.165, 1.54) is 0 Å². The predicted octanol–water partition coefficient (Wildman–Crippen LogP) is 3.05. The fourth-order valence-corrected chi connectivity index (χ4v) is 3.46. The van der Waals surface area contributed by atoms with Crippen molar-refractivity contribution in [3.8, 4) is 11.5 Å². The zero-order valence-corrected chi connectivity index (χ0v) is 15.9. The van der Waals surface area contributed by atoms with E-state index in [2.05, 4.69) is 15.3 Å². The van der Waals surface area contributed by atoms with E-state index in [-0.39, 0.29) is 11.9 Å². The van der Waals surface area contributed by atoms with Crippen LogP contribution in [-0.4, -0.2) is 48.1 Å². The number of hydrogen-bond acceptors (Lipinski definition) is 6. The zero-order chi connectivity index (χ0) is 19.1. The summed E-state index contributed by atoms with van der Waals surface area (Å²) < 4.78 is 10.9. The Morgan fingerprint density at radius 1 is 1.26 bits per heavy atom. The minimum Gasteiger partial charge on any atom is -0.497 e. The van der Waals surface area contributed by atoms with Crippen LogP contribution in [0, 0.1) is 0 Å². The molecule has 1 aliphatic rings. The maximum Gasteiger partial charge on any atom is 0.223 e. The maximum absolute atomic E-state index is 12.8. The van der Waals surface area contributed by atoms with E-state index in [9.17, 15) is 4.79 Å². The van der Waals surface area contributed by atoms with Gasteiger partial charge in [-0.05, 0) is 43.5 Å². The van der Waals surface area contributed by atoms with Gasteiger partial charge in [0.1, 0.15) is 11.5 Å². The topological polar surface area (TPSA) is 76.6 Å². The molecular formula is C20H26N4O3. The van der Waals surface area contributed by atoms with E-state index >= 15 is 0 Å². The molecule has 0 saturated carbocycles. The van der Waals surface area contributed by atoms with Gasteiger partial charge in [0.05, 0.1) is 20.3 Å². The van der Waals surface area contributed by atoms with E-state index in [0.29, 0.717) is 18.9 Å². The van der Waals surface area contributed by atoms with Gasteiger partial charge >= 0.3 is 0 Å². The summed E-state index contributed by atoms with van der Waals surface area (Å²) in [5.74, 6) is 2.32. The van der Waals surface area contributed by atoms with Crippen molar-refractivity contribution in [2.24, 2.45) is 0 Å². The number of anilines is 1. The summed E-state index contributed by atoms with van der Waals surface area (Å²) in [6.45, 7) is 1.44. The summed E-state index contributed by atoms with van der Waals surface area (Å²) in [5.41, 5.74) is 1.01. The number of nitrogens with one attached hydrogen (secondary N) is 1. The van der Waals surface area contributed by atoms with Gasteiger partial charge in [-0.1, -0.05) is 0 Å². The van der Waals surface area contributed by atoms with Crippen LogP contribution in [0.3, 0.4) is 0 Å². The van der Waals surface area contributed by atoms with Gasteiger partial charge in [-0.25, -0.2) is 9.97 Å². The molecule has 1 unspecified atom stereocenters. The van der Waals surface area contributed by atoms with Gasteiger partial charge in [-0.15, -0.1) is 0 Å². The van der Waals surface area contributed by atoms with Gasteiger partial charge in [0.25, 0.3) is 0 Å². The predicted molar refractivity (Wildman–Crippen MR) is 103 cm³/mol. The second kappa shape index (κ2) is 9.21. The van der Waals surface area contributed by atoms with Crippen LogP contribution in [0.25, 0.3) is 0 Å². The van der Waals surface area contributed by atoms with Crippen molar-refractivity contribution < 1.29 is 14.3 Å². The van der Waals surface area contributed by atoms with E-state index in [1.807, 2.05) is 23.1 Å². The Kier molecular flexibility index (Phi) is 6.46. The second-order valence-electron chi connectivity index (χ2n) is 6.46. The van der Waals surface area contributed by atoms with E-state index in [4.69, 9.17) is 9.47 Å². The summed E-state index contributed by atoms with van der Waals surface area (Å²) in [6, 6.07) is 7.56. The largest absolute Gasteiger partial charge is 0.497 e. The average Bonchev–Trinajstić information content (AvgIpc) is 3.21. The molecule has 1 aromatic carbocycles. The number of ether oxygens (including phenoxy) is 2. The smallest absolute Gasteiger partial charge is 0.223 e. The molecule has 7 nitrogen and oxygen atoms in total. The molecule has 1 aliphatic heterocycles. The number of aromatic nitrogens is 2. The number of carbonyl (C=O) groups is 1. The molecule has 1 aromatic heterocycles. The number of likely N-dealkylation sites (tertiary alicyclic amines) is 1. The molecule has 1 amide bonds. The lowest BCUT2D eigenvalue weighted by molar-refractivity contribution is -0.132. The summed E-state index contributed by atoms with van der Waals surface area (Å²) in [7, 11) is 3.30. The van der Waals surface area contributed by atoms with Crippen LogP contribution < -0.4 is 14.8 Å². The van der Waals surface area contributed by atoms with E-state index in [1.54, 1.807) is 32.7 Å². The molecule has 27 heavy (non-hydrogen) atoms. The Morgan fingerprint density at radius 3 is 2.81 bits per heavy atom. The van der Waals surface area contributed by atoms with Crippen molar-refractivity contribution in [1.29, 1.82) is 0 Å². The van der Waals surface area contributed by atoms with Gasteiger partial charge in [0.2, 0.25) is 11.9 Å². The molecule has 7 heteroatoms. The molecule has 0 spiro atoms. The Morgan fingerprint density at radius 2 is 2.07 bits per heavy atom. The number of rotatable bonds is 8. The highest BCUT2D eigenvalue weighted by Gasteiger charge is 2.31. The van der Waals surface area contributed by atoms with Crippen molar-refractivity contribution in [3.05, 3.63) is 42.2 Å². The van der Waals surface area contributed by atoms with Gasteiger partial charge in [0.15, 0.2) is 0 Å². The molecule has 1 fully saturated rings. The van der Waals surface area contributed by atoms with Crippen LogP contribution in [0.15, 0.2) is 36.7 Å². The highest BCUT2D eigenvalue weighted by Crippen LogP contribution is 2.39. The van der Waals surface area contributed by atoms with Crippen molar-refractivity contribution in [2.75, 3.05) is 32.6 Å². The van der Waals surface area contributed by atoms with Gasteiger partial charge in [-0.3, -0.25) is 4.79 Å². The summed E-state index contributed by atoms with van der Waals surface area (Å²) >= 11 is 0. The molecule has 0 radical (unpaired) electrons. The van der Waals surface area contributed by atoms with Crippen LogP contribution >= 0.6 is 0 Å². The van der Waals surface area contributed by atoms with Crippen molar-refractivity contribution >= 4 is 11.9 Å². The molecule has 3 rings (SSSR count). The number of benzene rings is 1. The van der Waals surface area contributed by atoms with Crippen LogP contribution in [0.4, 0.5) is 5.95 Å². The summed E-state index contributed by atoms with van der Waals surface area (Å²) in [6.07, 6.45) is 6.53. The van der Waals surface area contributed by atoms with Crippen molar-refractivity contribution in [2.45, 2.75) is 31.7 Å². The highest BCUT2D eigenvalue weighted by molar-refractivity contribution is 5.77. The molecule has 1 saturated heterocycles. The van der Waals surface area contributed by atoms with E-state index in [0.717, 1.165) is 42.9 Å². The quantitative estimate of drug-likeness (QED) is 0.720. The Bertz CT molecular complexity index is 754. The maximum atomic E-state index is 12.8. The normalized spacial score (nSPS) is 16.2. The van der Waals surface area contributed by atoms with Crippen molar-refractivity contribution in [3.63, 3.8) is 0 Å². The number of methoxy groups -OCH3 is 2. The van der Waals surface area contributed by atoms with Crippen LogP contribution in [0.1, 0.15) is 37.3 Å². The first-order valence-corrected chi connectivity index (χ1v) is 9.25. The molecule has 2 aromatic rings. The van der Waals surface area contributed by atoms with Crippen LogP contribution in [0.2, 0.25) is 0 Å². The third-order valence-electron chi connectivity index (χ3n) is 4.79. The first-order valence-electron chi connectivity index (χ1n) is 9.25. The number of amides is 1. The summed E-state index contributed by atoms with van der Waals surface area (Å²) in [4.78, 5) is 23.0. The molecule has 0 bridgehead atoms. The highest BCUT2D eigenvalue weighted by atomic mass is 16.5. The lowest BCUT2D eigenvalue weighted by Crippen LogP contribution is -2.31. The minimum absolute atomic E-state index is 0.0352. The second-order valence-corrected chi connectivity index (χ2v) is 6.46. The first kappa shape index (κ1) is 18.9. The fourth-order valence-electron chi connectivity index (χ4n) is 3.46. The third-order valence-corrected chi connectivity index (χ3v) is 4.79. The van der Waals surface area contributed by atoms with Gasteiger partial charge in [-0.2, -0.15) is 0 Å². The fraction of sp³-hybridized carbons (Fsp3) is 0.450. The number of carbonyl (C=O) groups excluding carboxylic acids is 1. The molecule has 144 valence electrons. The molecule has 2 heterocycles.